The number of esters is 1. The number of amides is 2. The average Bonchev–Trinajstić information content (AvgIpc) is 3.11. The Hall–Kier alpha value is -4.50. The molecule has 0 saturated carbocycles. The van der Waals surface area contributed by atoms with Crippen molar-refractivity contribution in [1.29, 1.82) is 0 Å². The second-order valence-electron chi connectivity index (χ2n) is 8.25. The van der Waals surface area contributed by atoms with E-state index in [0.29, 0.717) is 11.4 Å². The maximum atomic E-state index is 13.0. The topological polar surface area (TPSA) is 119 Å². The summed E-state index contributed by atoms with van der Waals surface area (Å²) in [5, 5.41) is 13.4. The third-order valence-electron chi connectivity index (χ3n) is 5.69. The largest absolute Gasteiger partial charge is 0.423 e. The quantitative estimate of drug-likeness (QED) is 0.129. The minimum atomic E-state index is -0.668. The highest BCUT2D eigenvalue weighted by Crippen LogP contribution is 2.30. The van der Waals surface area contributed by atoms with E-state index in [4.69, 9.17) is 16.3 Å². The molecule has 0 spiro atoms. The SMILES string of the molecule is CCCCc1ccc(N2C(=O)C(Cl)=C(Nc3ccc(C(=O)Oc4ccc([N+](=O)[O-])cc4)cc3)C2=O)cc1. The van der Waals surface area contributed by atoms with Crippen molar-refractivity contribution in [2.45, 2.75) is 26.2 Å². The molecule has 1 heterocycles. The van der Waals surface area contributed by atoms with Gasteiger partial charge in [-0.3, -0.25) is 19.7 Å². The number of halogens is 1. The van der Waals surface area contributed by atoms with Gasteiger partial charge in [-0.25, -0.2) is 9.69 Å². The molecule has 3 aromatic rings. The van der Waals surface area contributed by atoms with E-state index < -0.39 is 22.7 Å². The minimum Gasteiger partial charge on any atom is -0.423 e. The van der Waals surface area contributed by atoms with E-state index in [-0.39, 0.29) is 27.7 Å². The molecule has 0 aliphatic carbocycles. The summed E-state index contributed by atoms with van der Waals surface area (Å²) in [5.74, 6) is -1.72. The molecule has 1 N–H and O–H groups in total. The van der Waals surface area contributed by atoms with Gasteiger partial charge in [0.25, 0.3) is 17.5 Å². The van der Waals surface area contributed by atoms with Crippen LogP contribution in [0.3, 0.4) is 0 Å². The number of carbonyl (C=O) groups is 3. The van der Waals surface area contributed by atoms with E-state index in [9.17, 15) is 24.5 Å². The van der Waals surface area contributed by atoms with Crippen molar-refractivity contribution in [1.82, 2.24) is 0 Å². The predicted octanol–water partition coefficient (Wildman–Crippen LogP) is 5.59. The van der Waals surface area contributed by atoms with Crippen molar-refractivity contribution < 1.29 is 24.0 Å². The summed E-state index contributed by atoms with van der Waals surface area (Å²) >= 11 is 6.21. The van der Waals surface area contributed by atoms with Crippen LogP contribution in [0.25, 0.3) is 0 Å². The fourth-order valence-corrected chi connectivity index (χ4v) is 3.89. The number of hydrogen-bond acceptors (Lipinski definition) is 7. The van der Waals surface area contributed by atoms with Gasteiger partial charge in [-0.05, 0) is 66.9 Å². The Morgan fingerprint density at radius 1 is 0.973 bits per heavy atom. The van der Waals surface area contributed by atoms with Crippen LogP contribution in [0.15, 0.2) is 83.5 Å². The molecule has 4 rings (SSSR count). The molecular formula is C27H22ClN3O6. The Morgan fingerprint density at radius 3 is 2.22 bits per heavy atom. The molecule has 1 aliphatic rings. The average molecular weight is 520 g/mol. The van der Waals surface area contributed by atoms with Crippen LogP contribution in [0.5, 0.6) is 5.75 Å². The number of nitro benzene ring substituents is 1. The van der Waals surface area contributed by atoms with Gasteiger partial charge in [0.1, 0.15) is 16.5 Å². The lowest BCUT2D eigenvalue weighted by molar-refractivity contribution is -0.384. The molecule has 9 nitrogen and oxygen atoms in total. The Bertz CT molecular complexity index is 1380. The van der Waals surface area contributed by atoms with Gasteiger partial charge in [0.15, 0.2) is 0 Å². The van der Waals surface area contributed by atoms with Gasteiger partial charge >= 0.3 is 5.97 Å². The minimum absolute atomic E-state index is 0.0667. The van der Waals surface area contributed by atoms with E-state index in [1.165, 1.54) is 48.5 Å². The summed E-state index contributed by atoms with van der Waals surface area (Å²) in [5.41, 5.74) is 2.00. The van der Waals surface area contributed by atoms with E-state index in [2.05, 4.69) is 12.2 Å². The van der Waals surface area contributed by atoms with Gasteiger partial charge in [-0.1, -0.05) is 37.1 Å². The normalized spacial score (nSPS) is 13.2. The standard InChI is InChI=1S/C27H22ClN3O6/c1-2-3-4-17-5-11-20(12-6-17)30-25(32)23(28)24(26(30)33)29-19-9-7-18(8-10-19)27(34)37-22-15-13-21(14-16-22)31(35)36/h5-16,29H,2-4H2,1H3. The number of rotatable bonds is 9. The second-order valence-corrected chi connectivity index (χ2v) is 8.63. The molecule has 1 aliphatic heterocycles. The monoisotopic (exact) mass is 519 g/mol. The summed E-state index contributed by atoms with van der Waals surface area (Å²) in [6.45, 7) is 2.11. The molecule has 188 valence electrons. The summed E-state index contributed by atoms with van der Waals surface area (Å²) in [4.78, 5) is 49.4. The first-order valence-corrected chi connectivity index (χ1v) is 11.9. The maximum Gasteiger partial charge on any atom is 0.343 e. The van der Waals surface area contributed by atoms with E-state index >= 15 is 0 Å². The number of benzene rings is 3. The van der Waals surface area contributed by atoms with Crippen LogP contribution < -0.4 is 15.0 Å². The van der Waals surface area contributed by atoms with Crippen LogP contribution in [-0.4, -0.2) is 22.7 Å². The van der Waals surface area contributed by atoms with E-state index in [1.807, 2.05) is 12.1 Å². The summed E-state index contributed by atoms with van der Waals surface area (Å²) in [7, 11) is 0. The molecule has 0 saturated heterocycles. The molecule has 0 unspecified atom stereocenters. The third-order valence-corrected chi connectivity index (χ3v) is 6.04. The smallest absolute Gasteiger partial charge is 0.343 e. The Balaban J connectivity index is 1.42. The zero-order chi connectivity index (χ0) is 26.5. The van der Waals surface area contributed by atoms with Crippen molar-refractivity contribution in [2.24, 2.45) is 0 Å². The molecule has 2 amide bonds. The van der Waals surface area contributed by atoms with Crippen molar-refractivity contribution >= 4 is 46.4 Å². The molecule has 37 heavy (non-hydrogen) atoms. The number of aryl methyl sites for hydroxylation is 1. The maximum absolute atomic E-state index is 13.0. The van der Waals surface area contributed by atoms with Crippen molar-refractivity contribution in [2.75, 3.05) is 10.2 Å². The van der Waals surface area contributed by atoms with E-state index in [1.54, 1.807) is 12.1 Å². The molecule has 3 aromatic carbocycles. The number of hydrogen-bond donors (Lipinski definition) is 1. The zero-order valence-corrected chi connectivity index (χ0v) is 20.5. The number of unbranched alkanes of at least 4 members (excludes halogenated alkanes) is 1. The number of nitro groups is 1. The van der Waals surface area contributed by atoms with Crippen LogP contribution in [0, 0.1) is 10.1 Å². The lowest BCUT2D eigenvalue weighted by Crippen LogP contribution is -2.32. The Morgan fingerprint density at radius 2 is 1.62 bits per heavy atom. The van der Waals surface area contributed by atoms with Gasteiger partial charge in [-0.15, -0.1) is 0 Å². The van der Waals surface area contributed by atoms with Crippen molar-refractivity contribution in [3.63, 3.8) is 0 Å². The molecule has 0 atom stereocenters. The number of carbonyl (C=O) groups excluding carboxylic acids is 3. The van der Waals surface area contributed by atoms with Gasteiger partial charge in [0, 0.05) is 17.8 Å². The first kappa shape index (κ1) is 25.6. The molecule has 0 aromatic heterocycles. The summed E-state index contributed by atoms with van der Waals surface area (Å²) < 4.78 is 5.23. The molecule has 10 heteroatoms. The predicted molar refractivity (Wildman–Crippen MR) is 139 cm³/mol. The molecule has 0 bridgehead atoms. The van der Waals surface area contributed by atoms with Gasteiger partial charge in [-0.2, -0.15) is 0 Å². The van der Waals surface area contributed by atoms with Gasteiger partial charge in [0.2, 0.25) is 0 Å². The van der Waals surface area contributed by atoms with Crippen LogP contribution in [0.2, 0.25) is 0 Å². The van der Waals surface area contributed by atoms with E-state index in [0.717, 1.165) is 29.7 Å². The molecule has 0 radical (unpaired) electrons. The first-order chi connectivity index (χ1) is 17.8. The number of anilines is 2. The second kappa shape index (κ2) is 11.0. The lowest BCUT2D eigenvalue weighted by Gasteiger charge is -2.15. The zero-order valence-electron chi connectivity index (χ0n) is 19.8. The van der Waals surface area contributed by atoms with Crippen LogP contribution >= 0.6 is 11.6 Å². The summed E-state index contributed by atoms with van der Waals surface area (Å²) in [6.07, 6.45) is 3.04. The Labute approximate surface area is 217 Å². The van der Waals surface area contributed by atoms with Crippen LogP contribution in [-0.2, 0) is 16.0 Å². The summed E-state index contributed by atoms with van der Waals surface area (Å²) in [6, 6.07) is 18.4. The van der Waals surface area contributed by atoms with Crippen LogP contribution in [0.1, 0.15) is 35.7 Å². The molecule has 0 fully saturated rings. The Kier molecular flexibility index (Phi) is 7.64. The fourth-order valence-electron chi connectivity index (χ4n) is 3.67. The first-order valence-electron chi connectivity index (χ1n) is 11.5. The number of nitrogens with zero attached hydrogens (tertiary/aromatic N) is 2. The molecular weight excluding hydrogens is 498 g/mol. The number of nitrogens with one attached hydrogen (secondary N) is 1. The number of non-ortho nitro benzene ring substituents is 1. The van der Waals surface area contributed by atoms with Crippen LogP contribution in [0.4, 0.5) is 17.1 Å². The highest BCUT2D eigenvalue weighted by Gasteiger charge is 2.38. The van der Waals surface area contributed by atoms with Gasteiger partial charge < -0.3 is 10.1 Å². The van der Waals surface area contributed by atoms with Gasteiger partial charge in [0.05, 0.1) is 16.2 Å². The van der Waals surface area contributed by atoms with Crippen molar-refractivity contribution in [3.8, 4) is 5.75 Å². The number of ether oxygens (including phenoxy) is 1. The highest BCUT2D eigenvalue weighted by molar-refractivity contribution is 6.53. The third kappa shape index (κ3) is 5.68. The lowest BCUT2D eigenvalue weighted by atomic mass is 10.1. The fraction of sp³-hybridized carbons (Fsp3) is 0.148. The highest BCUT2D eigenvalue weighted by atomic mass is 35.5. The number of imide groups is 1. The van der Waals surface area contributed by atoms with Crippen molar-refractivity contribution in [3.05, 3.63) is 105 Å².